The van der Waals surface area contributed by atoms with Crippen LogP contribution in [0.3, 0.4) is 0 Å². The van der Waals surface area contributed by atoms with Crippen LogP contribution in [0.1, 0.15) is 71.6 Å². The van der Waals surface area contributed by atoms with Gasteiger partial charge in [-0.2, -0.15) is 0 Å². The van der Waals surface area contributed by atoms with Gasteiger partial charge in [0.15, 0.2) is 0 Å². The summed E-state index contributed by atoms with van der Waals surface area (Å²) in [4.78, 5) is 0. The maximum Gasteiger partial charge on any atom is 0.00904 e. The van der Waals surface area contributed by atoms with E-state index in [-0.39, 0.29) is 0 Å². The van der Waals surface area contributed by atoms with Gasteiger partial charge in [-0.05, 0) is 110 Å². The molecule has 5 aliphatic rings. The van der Waals surface area contributed by atoms with E-state index in [1.165, 1.54) is 61.4 Å². The van der Waals surface area contributed by atoms with Crippen molar-refractivity contribution < 1.29 is 0 Å². The molecule has 0 N–H and O–H groups in total. The fraction of sp³-hybridized carbons (Fsp3) is 0.680. The van der Waals surface area contributed by atoms with E-state index in [1.54, 1.807) is 5.57 Å². The SMILES string of the molecule is CC1(C)C2=CC(I)=CCC2C2=C1CC([C@H]1CCC3C=CCC[C@H]3C1)CC2. The maximum absolute atomic E-state index is 2.55. The lowest BCUT2D eigenvalue weighted by molar-refractivity contribution is 0.137. The van der Waals surface area contributed by atoms with E-state index in [0.29, 0.717) is 5.41 Å². The molecule has 5 atom stereocenters. The van der Waals surface area contributed by atoms with Gasteiger partial charge < -0.3 is 0 Å². The average molecular weight is 460 g/mol. The van der Waals surface area contributed by atoms with Gasteiger partial charge in [0.2, 0.25) is 0 Å². The van der Waals surface area contributed by atoms with Gasteiger partial charge in [-0.25, -0.2) is 0 Å². The molecule has 5 aliphatic carbocycles. The summed E-state index contributed by atoms with van der Waals surface area (Å²) in [5.74, 6) is 4.64. The summed E-state index contributed by atoms with van der Waals surface area (Å²) < 4.78 is 1.46. The summed E-state index contributed by atoms with van der Waals surface area (Å²) in [5, 5.41) is 0. The quantitative estimate of drug-likeness (QED) is 0.277. The van der Waals surface area contributed by atoms with E-state index >= 15 is 0 Å². The van der Waals surface area contributed by atoms with Crippen LogP contribution in [0.15, 0.2) is 44.6 Å². The fourth-order valence-corrected chi connectivity index (χ4v) is 7.72. The van der Waals surface area contributed by atoms with Crippen molar-refractivity contribution in [3.05, 3.63) is 44.6 Å². The highest BCUT2D eigenvalue weighted by atomic mass is 127. The molecule has 0 aromatic rings. The molecule has 0 aliphatic heterocycles. The summed E-state index contributed by atoms with van der Waals surface area (Å²) in [7, 11) is 0. The van der Waals surface area contributed by atoms with Crippen molar-refractivity contribution in [2.75, 3.05) is 0 Å². The zero-order valence-electron chi connectivity index (χ0n) is 16.4. The average Bonchev–Trinajstić information content (AvgIpc) is 2.88. The van der Waals surface area contributed by atoms with Crippen molar-refractivity contribution in [1.29, 1.82) is 0 Å². The van der Waals surface area contributed by atoms with Gasteiger partial charge in [-0.15, -0.1) is 0 Å². The monoisotopic (exact) mass is 460 g/mol. The number of rotatable bonds is 1. The second-order valence-corrected chi connectivity index (χ2v) is 11.4. The van der Waals surface area contributed by atoms with Gasteiger partial charge in [0.05, 0.1) is 0 Å². The summed E-state index contributed by atoms with van der Waals surface area (Å²) in [6.07, 6.45) is 22.8. The second-order valence-electron chi connectivity index (χ2n) is 10.1. The van der Waals surface area contributed by atoms with E-state index in [1.807, 2.05) is 11.1 Å². The number of fused-ring (bicyclic) bond motifs is 3. The molecule has 1 heteroatoms. The lowest BCUT2D eigenvalue weighted by Gasteiger charge is -2.42. The van der Waals surface area contributed by atoms with Gasteiger partial charge in [0, 0.05) is 14.9 Å². The van der Waals surface area contributed by atoms with Crippen LogP contribution in [-0.4, -0.2) is 0 Å². The molecule has 0 spiro atoms. The van der Waals surface area contributed by atoms with Crippen LogP contribution in [0.5, 0.6) is 0 Å². The molecular formula is C25H33I. The Morgan fingerprint density at radius 3 is 2.81 bits per heavy atom. The molecule has 140 valence electrons. The predicted molar refractivity (Wildman–Crippen MR) is 119 cm³/mol. The molecule has 0 amide bonds. The minimum atomic E-state index is 0.314. The molecule has 1 fully saturated rings. The highest BCUT2D eigenvalue weighted by Crippen LogP contribution is 2.60. The molecule has 0 aromatic carbocycles. The third-order valence-electron chi connectivity index (χ3n) is 8.59. The standard InChI is InChI=1S/C25H33I/c1-25(2)23-14-19(18-8-7-16-5-3-4-6-17(16)13-18)9-11-21(23)22-12-10-20(26)15-24(22)25/h3,5,10,15-19,22H,4,6-9,11-14H2,1-2H3/t16?,17-,18-,19?,22?/m0/s1. The Balaban J connectivity index is 1.36. The highest BCUT2D eigenvalue weighted by molar-refractivity contribution is 14.1. The molecule has 5 rings (SSSR count). The lowest BCUT2D eigenvalue weighted by Crippen LogP contribution is -2.31. The minimum absolute atomic E-state index is 0.314. The van der Waals surface area contributed by atoms with Crippen molar-refractivity contribution in [2.24, 2.45) is 35.0 Å². The molecular weight excluding hydrogens is 427 g/mol. The Kier molecular flexibility index (Phi) is 4.54. The summed E-state index contributed by atoms with van der Waals surface area (Å²) in [6.45, 7) is 5.04. The third-order valence-corrected chi connectivity index (χ3v) is 9.34. The van der Waals surface area contributed by atoms with Crippen molar-refractivity contribution in [2.45, 2.75) is 71.6 Å². The number of halogens is 1. The van der Waals surface area contributed by atoms with Gasteiger partial charge in [0.1, 0.15) is 0 Å². The zero-order chi connectivity index (χ0) is 17.9. The Hall–Kier alpha value is -0.310. The van der Waals surface area contributed by atoms with Crippen molar-refractivity contribution in [1.82, 2.24) is 0 Å². The van der Waals surface area contributed by atoms with Crippen LogP contribution in [0.2, 0.25) is 0 Å². The van der Waals surface area contributed by atoms with Crippen molar-refractivity contribution in [3.8, 4) is 0 Å². The fourth-order valence-electron chi connectivity index (χ4n) is 7.13. The maximum atomic E-state index is 2.55. The molecule has 1 saturated carbocycles. The first-order valence-electron chi connectivity index (χ1n) is 11.0. The van der Waals surface area contributed by atoms with Crippen LogP contribution >= 0.6 is 22.6 Å². The van der Waals surface area contributed by atoms with Gasteiger partial charge in [0.25, 0.3) is 0 Å². The molecule has 3 unspecified atom stereocenters. The van der Waals surface area contributed by atoms with Crippen molar-refractivity contribution in [3.63, 3.8) is 0 Å². The summed E-state index contributed by atoms with van der Waals surface area (Å²) >= 11 is 2.52. The zero-order valence-corrected chi connectivity index (χ0v) is 18.6. The van der Waals surface area contributed by atoms with E-state index in [2.05, 4.69) is 60.7 Å². The predicted octanol–water partition coefficient (Wildman–Crippen LogP) is 7.77. The minimum Gasteiger partial charge on any atom is -0.0882 e. The molecule has 26 heavy (non-hydrogen) atoms. The van der Waals surface area contributed by atoms with Gasteiger partial charge in [-0.3, -0.25) is 0 Å². The smallest absolute Gasteiger partial charge is 0.00904 e. The van der Waals surface area contributed by atoms with Crippen LogP contribution in [0.4, 0.5) is 0 Å². The Morgan fingerprint density at radius 1 is 1.04 bits per heavy atom. The van der Waals surface area contributed by atoms with Gasteiger partial charge in [-0.1, -0.05) is 48.8 Å². The van der Waals surface area contributed by atoms with E-state index < -0.39 is 0 Å². The van der Waals surface area contributed by atoms with E-state index in [4.69, 9.17) is 0 Å². The first-order chi connectivity index (χ1) is 12.5. The van der Waals surface area contributed by atoms with E-state index in [9.17, 15) is 0 Å². The second kappa shape index (κ2) is 6.64. The topological polar surface area (TPSA) is 0 Å². The Labute approximate surface area is 173 Å². The summed E-state index contributed by atoms with van der Waals surface area (Å²) in [6, 6.07) is 0. The van der Waals surface area contributed by atoms with Crippen LogP contribution in [0, 0.1) is 35.0 Å². The number of hydrogen-bond donors (Lipinski definition) is 0. The third kappa shape index (κ3) is 2.83. The molecule has 0 saturated heterocycles. The molecule has 0 bridgehead atoms. The van der Waals surface area contributed by atoms with Crippen molar-refractivity contribution >= 4 is 22.6 Å². The molecule has 0 aromatic heterocycles. The van der Waals surface area contributed by atoms with E-state index in [0.717, 1.165) is 29.6 Å². The van der Waals surface area contributed by atoms with Crippen LogP contribution < -0.4 is 0 Å². The highest BCUT2D eigenvalue weighted by Gasteiger charge is 2.47. The number of allylic oxidation sites excluding steroid dienone is 8. The van der Waals surface area contributed by atoms with Gasteiger partial charge >= 0.3 is 0 Å². The Bertz CT molecular complexity index is 716. The van der Waals surface area contributed by atoms with Crippen LogP contribution in [-0.2, 0) is 0 Å². The van der Waals surface area contributed by atoms with Crippen LogP contribution in [0.25, 0.3) is 0 Å². The molecule has 0 nitrogen and oxygen atoms in total. The largest absolute Gasteiger partial charge is 0.0882 e. The molecule has 0 radical (unpaired) electrons. The number of hydrogen-bond acceptors (Lipinski definition) is 0. The normalized spacial score (nSPS) is 41.1. The molecule has 0 heterocycles. The Morgan fingerprint density at radius 2 is 1.92 bits per heavy atom. The first kappa shape index (κ1) is 17.8. The first-order valence-corrected chi connectivity index (χ1v) is 12.1. The summed E-state index contributed by atoms with van der Waals surface area (Å²) in [5.41, 5.74) is 5.76. The lowest BCUT2D eigenvalue weighted by atomic mass is 9.63.